The van der Waals surface area contributed by atoms with Gasteiger partial charge in [0.15, 0.2) is 5.82 Å². The van der Waals surface area contributed by atoms with Gasteiger partial charge in [-0.05, 0) is 42.0 Å². The molecule has 0 unspecified atom stereocenters. The Morgan fingerprint density at radius 2 is 1.68 bits per heavy atom. The minimum atomic E-state index is -3.72. The van der Waals surface area contributed by atoms with Crippen LogP contribution in [-0.2, 0) is 16.6 Å². The Labute approximate surface area is 160 Å². The molecule has 0 aliphatic heterocycles. The summed E-state index contributed by atoms with van der Waals surface area (Å²) in [6.45, 7) is 0.430. The average Bonchev–Trinajstić information content (AvgIpc) is 2.97. The molecule has 0 aliphatic rings. The van der Waals surface area contributed by atoms with Crippen LogP contribution in [-0.4, -0.2) is 18.2 Å². The van der Waals surface area contributed by atoms with Gasteiger partial charge in [0.1, 0.15) is 0 Å². The number of nitrogens with one attached hydrogen (secondary N) is 1. The van der Waals surface area contributed by atoms with Gasteiger partial charge in [0.2, 0.25) is 0 Å². The van der Waals surface area contributed by atoms with E-state index >= 15 is 0 Å². The Balaban J connectivity index is 1.74. The molecule has 0 fully saturated rings. The van der Waals surface area contributed by atoms with Crippen LogP contribution < -0.4 is 4.72 Å². The molecule has 9 heteroatoms. The van der Waals surface area contributed by atoms with Gasteiger partial charge in [0.25, 0.3) is 10.0 Å². The number of sulfonamides is 1. The Hall–Kier alpha value is -1.73. The molecule has 0 radical (unpaired) electrons. The van der Waals surface area contributed by atoms with E-state index < -0.39 is 10.0 Å². The van der Waals surface area contributed by atoms with Crippen LogP contribution in [0.5, 0.6) is 0 Å². The van der Waals surface area contributed by atoms with Crippen molar-refractivity contribution in [1.82, 2.24) is 9.78 Å². The zero-order chi connectivity index (χ0) is 18.0. The molecular weight excluding hydrogens is 405 g/mol. The summed E-state index contributed by atoms with van der Waals surface area (Å²) < 4.78 is 28.7. The lowest BCUT2D eigenvalue weighted by Crippen LogP contribution is -2.13. The molecule has 1 heterocycles. The highest BCUT2D eigenvalue weighted by Gasteiger charge is 2.15. The third kappa shape index (κ3) is 4.46. The van der Waals surface area contributed by atoms with Crippen molar-refractivity contribution in [2.75, 3.05) is 4.72 Å². The van der Waals surface area contributed by atoms with E-state index in [1.165, 1.54) is 24.3 Å². The van der Waals surface area contributed by atoms with Gasteiger partial charge in [-0.1, -0.05) is 40.9 Å². The minimum absolute atomic E-state index is 0.107. The number of aromatic nitrogens is 2. The highest BCUT2D eigenvalue weighted by molar-refractivity contribution is 7.92. The molecule has 25 heavy (non-hydrogen) atoms. The molecule has 130 valence electrons. The second-order valence-electron chi connectivity index (χ2n) is 5.21. The van der Waals surface area contributed by atoms with Gasteiger partial charge in [-0.3, -0.25) is 9.40 Å². The second-order valence-corrected chi connectivity index (χ2v) is 8.14. The highest BCUT2D eigenvalue weighted by atomic mass is 35.5. The molecule has 2 aromatic carbocycles. The zero-order valence-corrected chi connectivity index (χ0v) is 15.7. The van der Waals surface area contributed by atoms with E-state index in [1.807, 2.05) is 6.07 Å². The van der Waals surface area contributed by atoms with E-state index in [-0.39, 0.29) is 10.7 Å². The first-order valence-corrected chi connectivity index (χ1v) is 9.71. The van der Waals surface area contributed by atoms with Gasteiger partial charge >= 0.3 is 0 Å². The number of anilines is 1. The van der Waals surface area contributed by atoms with Crippen molar-refractivity contribution in [3.63, 3.8) is 0 Å². The molecule has 3 aromatic rings. The van der Waals surface area contributed by atoms with Crippen LogP contribution in [0.3, 0.4) is 0 Å². The maximum absolute atomic E-state index is 12.3. The fourth-order valence-corrected chi connectivity index (χ4v) is 3.58. The van der Waals surface area contributed by atoms with Gasteiger partial charge in [0, 0.05) is 17.3 Å². The van der Waals surface area contributed by atoms with Gasteiger partial charge in [-0.2, -0.15) is 5.10 Å². The van der Waals surface area contributed by atoms with Gasteiger partial charge < -0.3 is 0 Å². The molecule has 0 spiro atoms. The van der Waals surface area contributed by atoms with Gasteiger partial charge in [0.05, 0.1) is 21.5 Å². The molecule has 0 saturated heterocycles. The topological polar surface area (TPSA) is 64.0 Å². The van der Waals surface area contributed by atoms with Crippen molar-refractivity contribution in [2.45, 2.75) is 11.4 Å². The Kier molecular flexibility index (Phi) is 5.24. The van der Waals surface area contributed by atoms with E-state index in [4.69, 9.17) is 34.8 Å². The van der Waals surface area contributed by atoms with Crippen molar-refractivity contribution in [3.05, 3.63) is 75.4 Å². The molecule has 0 amide bonds. The van der Waals surface area contributed by atoms with Crippen LogP contribution in [0.4, 0.5) is 5.82 Å². The number of benzene rings is 2. The van der Waals surface area contributed by atoms with Crippen molar-refractivity contribution < 1.29 is 8.42 Å². The van der Waals surface area contributed by atoms with Crippen LogP contribution in [0.2, 0.25) is 15.1 Å². The molecular formula is C16H12Cl3N3O2S. The first kappa shape index (κ1) is 18.1. The molecule has 0 bridgehead atoms. The maximum atomic E-state index is 12.3. The van der Waals surface area contributed by atoms with Crippen molar-refractivity contribution in [3.8, 4) is 0 Å². The normalized spacial score (nSPS) is 11.5. The molecule has 1 N–H and O–H groups in total. The summed E-state index contributed by atoms with van der Waals surface area (Å²) in [6, 6.07) is 12.7. The number of hydrogen-bond acceptors (Lipinski definition) is 3. The Bertz CT molecular complexity index is 1000. The predicted molar refractivity (Wildman–Crippen MR) is 100 cm³/mol. The SMILES string of the molecule is O=S(=O)(Nc1ccn(Cc2ccc(Cl)c(Cl)c2)n1)c1ccc(Cl)cc1. The lowest BCUT2D eigenvalue weighted by Gasteiger charge is -2.06. The summed E-state index contributed by atoms with van der Waals surface area (Å²) in [4.78, 5) is 0.107. The smallest absolute Gasteiger partial charge is 0.263 e. The van der Waals surface area contributed by atoms with Crippen LogP contribution in [0.1, 0.15) is 5.56 Å². The number of hydrogen-bond donors (Lipinski definition) is 1. The van der Waals surface area contributed by atoms with Crippen molar-refractivity contribution >= 4 is 50.6 Å². The predicted octanol–water partition coefficient (Wildman–Crippen LogP) is 4.69. The zero-order valence-electron chi connectivity index (χ0n) is 12.7. The largest absolute Gasteiger partial charge is 0.266 e. The Morgan fingerprint density at radius 1 is 0.960 bits per heavy atom. The summed E-state index contributed by atoms with van der Waals surface area (Å²) in [5, 5.41) is 5.60. The third-order valence-electron chi connectivity index (χ3n) is 3.33. The molecule has 5 nitrogen and oxygen atoms in total. The van der Waals surface area contributed by atoms with E-state index in [1.54, 1.807) is 29.1 Å². The monoisotopic (exact) mass is 415 g/mol. The van der Waals surface area contributed by atoms with Crippen molar-refractivity contribution in [1.29, 1.82) is 0 Å². The van der Waals surface area contributed by atoms with E-state index in [2.05, 4.69) is 9.82 Å². The number of halogens is 3. The summed E-state index contributed by atoms with van der Waals surface area (Å²) in [7, 11) is -3.72. The minimum Gasteiger partial charge on any atom is -0.266 e. The van der Waals surface area contributed by atoms with E-state index in [0.717, 1.165) is 5.56 Å². The number of rotatable bonds is 5. The first-order chi connectivity index (χ1) is 11.8. The summed E-state index contributed by atoms with van der Waals surface area (Å²) in [5.41, 5.74) is 0.893. The van der Waals surface area contributed by atoms with Crippen LogP contribution in [0, 0.1) is 0 Å². The number of nitrogens with zero attached hydrogens (tertiary/aromatic N) is 2. The summed E-state index contributed by atoms with van der Waals surface area (Å²) in [6.07, 6.45) is 1.67. The molecule has 0 aliphatic carbocycles. The quantitative estimate of drug-likeness (QED) is 0.656. The lowest BCUT2D eigenvalue weighted by atomic mass is 10.2. The van der Waals surface area contributed by atoms with Crippen molar-refractivity contribution in [2.24, 2.45) is 0 Å². The van der Waals surface area contributed by atoms with E-state index in [0.29, 0.717) is 21.6 Å². The van der Waals surface area contributed by atoms with Gasteiger partial charge in [-0.25, -0.2) is 8.42 Å². The Morgan fingerprint density at radius 3 is 2.36 bits per heavy atom. The van der Waals surface area contributed by atoms with E-state index in [9.17, 15) is 8.42 Å². The highest BCUT2D eigenvalue weighted by Crippen LogP contribution is 2.23. The maximum Gasteiger partial charge on any atom is 0.263 e. The summed E-state index contributed by atoms with van der Waals surface area (Å²) >= 11 is 17.7. The molecule has 3 rings (SSSR count). The first-order valence-electron chi connectivity index (χ1n) is 7.09. The van der Waals surface area contributed by atoms with Crippen LogP contribution in [0.15, 0.2) is 59.6 Å². The fraction of sp³-hybridized carbons (Fsp3) is 0.0625. The molecule has 1 aromatic heterocycles. The molecule has 0 saturated carbocycles. The fourth-order valence-electron chi connectivity index (χ4n) is 2.14. The average molecular weight is 417 g/mol. The van der Waals surface area contributed by atoms with Crippen LogP contribution in [0.25, 0.3) is 0 Å². The van der Waals surface area contributed by atoms with Gasteiger partial charge in [-0.15, -0.1) is 0 Å². The summed E-state index contributed by atoms with van der Waals surface area (Å²) in [5.74, 6) is 0.218. The lowest BCUT2D eigenvalue weighted by molar-refractivity contribution is 0.600. The second kappa shape index (κ2) is 7.25. The standard InChI is InChI=1S/C16H12Cl3N3O2S/c17-12-2-4-13(5-3-12)25(23,24)21-16-7-8-22(20-16)10-11-1-6-14(18)15(19)9-11/h1-9H,10H2,(H,20,21). The molecule has 0 atom stereocenters. The van der Waals surface area contributed by atoms with Crippen LogP contribution >= 0.6 is 34.8 Å². The third-order valence-corrected chi connectivity index (χ3v) is 5.69.